The first-order valence-corrected chi connectivity index (χ1v) is 11.6. The van der Waals surface area contributed by atoms with E-state index in [0.29, 0.717) is 42.0 Å². The van der Waals surface area contributed by atoms with Crippen LogP contribution in [0.15, 0.2) is 41.9 Å². The zero-order valence-electron chi connectivity index (χ0n) is 18.7. The van der Waals surface area contributed by atoms with Crippen LogP contribution in [0.2, 0.25) is 0 Å². The summed E-state index contributed by atoms with van der Waals surface area (Å²) >= 11 is 1.37. The van der Waals surface area contributed by atoms with Crippen molar-refractivity contribution >= 4 is 23.1 Å². The molecule has 1 aromatic carbocycles. The van der Waals surface area contributed by atoms with E-state index in [0.717, 1.165) is 5.56 Å². The number of nitrogens with zero attached hydrogens (tertiary/aromatic N) is 2. The fourth-order valence-corrected chi connectivity index (χ4v) is 4.06. The standard InChI is InChI=1S/C24H26N2O6S/c1-4-30-18-10-9-15(12-20(18)32-6-3)23-26-16(14-33-23)13-17(24(28)29)22(27)21-19(31-5-2)8-7-11-25-21/h7-12,14,17H,4-6,13H2,1-3H3,(H,28,29). The Morgan fingerprint density at radius 3 is 2.39 bits per heavy atom. The molecule has 1 unspecified atom stereocenters. The van der Waals surface area contributed by atoms with Crippen LogP contribution in [0.5, 0.6) is 17.2 Å². The Kier molecular flexibility index (Phi) is 8.37. The zero-order valence-corrected chi connectivity index (χ0v) is 19.6. The van der Waals surface area contributed by atoms with Gasteiger partial charge in [-0.1, -0.05) is 0 Å². The van der Waals surface area contributed by atoms with Crippen LogP contribution in [0.3, 0.4) is 0 Å². The van der Waals surface area contributed by atoms with Crippen molar-refractivity contribution in [3.05, 3.63) is 53.3 Å². The minimum atomic E-state index is -1.33. The third-order valence-electron chi connectivity index (χ3n) is 4.67. The minimum absolute atomic E-state index is 0.00933. The van der Waals surface area contributed by atoms with Crippen molar-refractivity contribution in [2.45, 2.75) is 27.2 Å². The molecule has 0 spiro atoms. The predicted octanol–water partition coefficient (Wildman–Crippen LogP) is 4.53. The molecular weight excluding hydrogens is 444 g/mol. The van der Waals surface area contributed by atoms with Gasteiger partial charge in [0, 0.05) is 23.6 Å². The first-order chi connectivity index (χ1) is 16.0. The van der Waals surface area contributed by atoms with E-state index in [1.165, 1.54) is 17.5 Å². The van der Waals surface area contributed by atoms with E-state index in [1.807, 2.05) is 32.0 Å². The molecule has 0 fully saturated rings. The van der Waals surface area contributed by atoms with Crippen molar-refractivity contribution in [3.63, 3.8) is 0 Å². The van der Waals surface area contributed by atoms with Crippen molar-refractivity contribution in [3.8, 4) is 27.8 Å². The molecule has 9 heteroatoms. The molecular formula is C24H26N2O6S. The van der Waals surface area contributed by atoms with Gasteiger partial charge in [-0.15, -0.1) is 11.3 Å². The second kappa shape index (κ2) is 11.4. The first kappa shape index (κ1) is 24.2. The maximum Gasteiger partial charge on any atom is 0.314 e. The van der Waals surface area contributed by atoms with Crippen LogP contribution >= 0.6 is 11.3 Å². The molecule has 0 aliphatic heterocycles. The summed E-state index contributed by atoms with van der Waals surface area (Å²) in [5.41, 5.74) is 1.34. The maximum absolute atomic E-state index is 13.0. The Morgan fingerprint density at radius 1 is 1.00 bits per heavy atom. The summed E-state index contributed by atoms with van der Waals surface area (Å²) in [6.07, 6.45) is 1.39. The number of aliphatic carboxylic acids is 1. The van der Waals surface area contributed by atoms with Gasteiger partial charge in [-0.05, 0) is 51.1 Å². The molecule has 33 heavy (non-hydrogen) atoms. The number of aromatic nitrogens is 2. The lowest BCUT2D eigenvalue weighted by atomic mass is 9.96. The highest BCUT2D eigenvalue weighted by atomic mass is 32.1. The van der Waals surface area contributed by atoms with Crippen LogP contribution in [0, 0.1) is 5.92 Å². The van der Waals surface area contributed by atoms with Gasteiger partial charge in [0.1, 0.15) is 22.4 Å². The number of hydrogen-bond acceptors (Lipinski definition) is 8. The van der Waals surface area contributed by atoms with Gasteiger partial charge in [0.25, 0.3) is 0 Å². The van der Waals surface area contributed by atoms with Gasteiger partial charge < -0.3 is 19.3 Å². The van der Waals surface area contributed by atoms with Crippen LogP contribution in [-0.4, -0.2) is 46.6 Å². The normalized spacial score (nSPS) is 11.6. The smallest absolute Gasteiger partial charge is 0.314 e. The molecule has 2 heterocycles. The number of Topliss-reactive ketones (excluding diaryl/α,β-unsaturated/α-hetero) is 1. The second-order valence-corrected chi connectivity index (χ2v) is 7.77. The Morgan fingerprint density at radius 2 is 1.70 bits per heavy atom. The van der Waals surface area contributed by atoms with E-state index in [2.05, 4.69) is 9.97 Å². The lowest BCUT2D eigenvalue weighted by Gasteiger charge is -2.13. The fourth-order valence-electron chi connectivity index (χ4n) is 3.23. The number of ketones is 1. The van der Waals surface area contributed by atoms with E-state index in [1.54, 1.807) is 24.4 Å². The number of carbonyl (C=O) groups excluding carboxylic acids is 1. The topological polar surface area (TPSA) is 108 Å². The highest BCUT2D eigenvalue weighted by molar-refractivity contribution is 7.13. The predicted molar refractivity (Wildman–Crippen MR) is 124 cm³/mol. The molecule has 8 nitrogen and oxygen atoms in total. The zero-order chi connectivity index (χ0) is 23.8. The third-order valence-corrected chi connectivity index (χ3v) is 5.61. The van der Waals surface area contributed by atoms with Crippen LogP contribution in [0.1, 0.15) is 37.0 Å². The van der Waals surface area contributed by atoms with E-state index >= 15 is 0 Å². The van der Waals surface area contributed by atoms with Gasteiger partial charge >= 0.3 is 5.97 Å². The van der Waals surface area contributed by atoms with Crippen molar-refractivity contribution in [2.75, 3.05) is 19.8 Å². The molecule has 0 aliphatic rings. The molecule has 0 saturated heterocycles. The van der Waals surface area contributed by atoms with Crippen LogP contribution in [0.25, 0.3) is 10.6 Å². The molecule has 1 N–H and O–H groups in total. The SMILES string of the molecule is CCOc1ccc(-c2nc(CC(C(=O)O)C(=O)c3ncccc3OCC)cs2)cc1OCC. The van der Waals surface area contributed by atoms with Crippen LogP contribution in [0.4, 0.5) is 0 Å². The lowest BCUT2D eigenvalue weighted by molar-refractivity contribution is -0.139. The monoisotopic (exact) mass is 470 g/mol. The average Bonchev–Trinajstić information content (AvgIpc) is 3.28. The summed E-state index contributed by atoms with van der Waals surface area (Å²) in [6.45, 7) is 6.93. The summed E-state index contributed by atoms with van der Waals surface area (Å²) in [6, 6.07) is 8.78. The van der Waals surface area contributed by atoms with Gasteiger partial charge in [-0.3, -0.25) is 9.59 Å². The summed E-state index contributed by atoms with van der Waals surface area (Å²) < 4.78 is 16.7. The molecule has 3 aromatic rings. The number of carbonyl (C=O) groups is 2. The molecule has 0 bridgehead atoms. The molecule has 1 atom stereocenters. The Labute approximate surface area is 196 Å². The highest BCUT2D eigenvalue weighted by Crippen LogP contribution is 2.34. The van der Waals surface area contributed by atoms with Gasteiger partial charge in [0.05, 0.1) is 25.5 Å². The number of thiazole rings is 1. The molecule has 0 amide bonds. The Balaban J connectivity index is 1.84. The number of hydrogen-bond donors (Lipinski definition) is 1. The van der Waals surface area contributed by atoms with Crippen molar-refractivity contribution in [1.82, 2.24) is 9.97 Å². The summed E-state index contributed by atoms with van der Waals surface area (Å²) in [5.74, 6) is -1.63. The van der Waals surface area contributed by atoms with E-state index < -0.39 is 17.7 Å². The van der Waals surface area contributed by atoms with Crippen LogP contribution in [-0.2, 0) is 11.2 Å². The highest BCUT2D eigenvalue weighted by Gasteiger charge is 2.31. The van der Waals surface area contributed by atoms with Gasteiger partial charge in [-0.25, -0.2) is 9.97 Å². The van der Waals surface area contributed by atoms with Crippen molar-refractivity contribution in [2.24, 2.45) is 5.92 Å². The average molecular weight is 471 g/mol. The van der Waals surface area contributed by atoms with Crippen molar-refractivity contribution in [1.29, 1.82) is 0 Å². The number of carboxylic acids is 1. The quantitative estimate of drug-likeness (QED) is 0.304. The van der Waals surface area contributed by atoms with E-state index in [-0.39, 0.29) is 17.9 Å². The number of ether oxygens (including phenoxy) is 3. The number of carboxylic acid groups (broad SMARTS) is 1. The van der Waals surface area contributed by atoms with Gasteiger partial charge in [0.2, 0.25) is 0 Å². The maximum atomic E-state index is 13.0. The van der Waals surface area contributed by atoms with Crippen molar-refractivity contribution < 1.29 is 28.9 Å². The fraction of sp³-hybridized carbons (Fsp3) is 0.333. The molecule has 0 aliphatic carbocycles. The minimum Gasteiger partial charge on any atom is -0.491 e. The summed E-state index contributed by atoms with van der Waals surface area (Å²) in [7, 11) is 0. The molecule has 174 valence electrons. The summed E-state index contributed by atoms with van der Waals surface area (Å²) in [4.78, 5) is 33.6. The molecule has 0 saturated carbocycles. The lowest BCUT2D eigenvalue weighted by Crippen LogP contribution is -2.27. The summed E-state index contributed by atoms with van der Waals surface area (Å²) in [5, 5.41) is 12.2. The number of pyridine rings is 1. The first-order valence-electron chi connectivity index (χ1n) is 10.7. The van der Waals surface area contributed by atoms with Crippen LogP contribution < -0.4 is 14.2 Å². The molecule has 3 rings (SSSR count). The third kappa shape index (κ3) is 5.87. The molecule has 0 radical (unpaired) electrons. The molecule has 2 aromatic heterocycles. The number of benzene rings is 1. The number of rotatable bonds is 12. The van der Waals surface area contributed by atoms with Gasteiger partial charge in [0.15, 0.2) is 17.3 Å². The van der Waals surface area contributed by atoms with E-state index in [9.17, 15) is 14.7 Å². The largest absolute Gasteiger partial charge is 0.491 e. The Hall–Kier alpha value is -3.46. The van der Waals surface area contributed by atoms with Gasteiger partial charge in [-0.2, -0.15) is 0 Å². The van der Waals surface area contributed by atoms with E-state index in [4.69, 9.17) is 14.2 Å². The Bertz CT molecular complexity index is 1110. The second-order valence-electron chi connectivity index (χ2n) is 6.91.